The van der Waals surface area contributed by atoms with Crippen LogP contribution in [-0.4, -0.2) is 15.2 Å². The summed E-state index contributed by atoms with van der Waals surface area (Å²) in [6, 6.07) is 1.71. The number of hydrogen-bond donors (Lipinski definition) is 0. The number of furan rings is 1. The first kappa shape index (κ1) is 13.8. The van der Waals surface area contributed by atoms with Gasteiger partial charge in [-0.1, -0.05) is 11.8 Å². The Labute approximate surface area is 121 Å². The van der Waals surface area contributed by atoms with Gasteiger partial charge in [-0.15, -0.1) is 10.2 Å². The zero-order valence-electron chi connectivity index (χ0n) is 10.7. The lowest BCUT2D eigenvalue weighted by Gasteiger charge is -1.97. The molecule has 0 aliphatic heterocycles. The van der Waals surface area contributed by atoms with Crippen LogP contribution in [0.15, 0.2) is 37.2 Å². The minimum atomic E-state index is -2.70. The minimum absolute atomic E-state index is 0.155. The molecule has 0 atom stereocenters. The number of halogens is 2. The van der Waals surface area contributed by atoms with E-state index in [0.717, 1.165) is 18.2 Å². The fourth-order valence-corrected chi connectivity index (χ4v) is 2.39. The summed E-state index contributed by atoms with van der Waals surface area (Å²) in [6.45, 7) is 1.77. The van der Waals surface area contributed by atoms with Crippen LogP contribution in [0.2, 0.25) is 0 Å². The largest absolute Gasteiger partial charge is 0.469 e. The van der Waals surface area contributed by atoms with E-state index in [0.29, 0.717) is 17.2 Å². The molecule has 3 heterocycles. The van der Waals surface area contributed by atoms with Crippen molar-refractivity contribution < 1.29 is 22.0 Å². The Hall–Kier alpha value is -2.16. The lowest BCUT2D eigenvalue weighted by Crippen LogP contribution is -1.89. The third-order valence-electron chi connectivity index (χ3n) is 2.70. The maximum atomic E-state index is 12.6. The Kier molecular flexibility index (Phi) is 3.74. The number of thioether (sulfide) groups is 1. The van der Waals surface area contributed by atoms with Crippen molar-refractivity contribution in [2.75, 3.05) is 0 Å². The van der Waals surface area contributed by atoms with E-state index in [4.69, 9.17) is 8.83 Å². The summed E-state index contributed by atoms with van der Waals surface area (Å²) < 4.78 is 40.5. The van der Waals surface area contributed by atoms with E-state index >= 15 is 0 Å². The van der Waals surface area contributed by atoms with Crippen molar-refractivity contribution in [3.63, 3.8) is 0 Å². The zero-order chi connectivity index (χ0) is 14.8. The molecule has 6 nitrogen and oxygen atoms in total. The number of rotatable bonds is 5. The van der Waals surface area contributed by atoms with Gasteiger partial charge in [0.1, 0.15) is 5.76 Å². The number of aryl methyl sites for hydroxylation is 1. The maximum Gasteiger partial charge on any atom is 0.297 e. The average Bonchev–Trinajstić information content (AvgIpc) is 3.15. The lowest BCUT2D eigenvalue weighted by molar-refractivity contribution is 0.121. The maximum absolute atomic E-state index is 12.6. The first-order valence-corrected chi connectivity index (χ1v) is 6.85. The first-order valence-electron chi connectivity index (χ1n) is 5.86. The zero-order valence-corrected chi connectivity index (χ0v) is 11.6. The molecule has 21 heavy (non-hydrogen) atoms. The predicted octanol–water partition coefficient (Wildman–Crippen LogP) is 3.86. The Morgan fingerprint density at radius 3 is 2.86 bits per heavy atom. The van der Waals surface area contributed by atoms with Crippen molar-refractivity contribution in [3.05, 3.63) is 35.9 Å². The molecule has 0 saturated heterocycles. The van der Waals surface area contributed by atoms with Crippen molar-refractivity contribution in [3.8, 4) is 11.5 Å². The highest BCUT2D eigenvalue weighted by Gasteiger charge is 2.20. The van der Waals surface area contributed by atoms with E-state index in [1.54, 1.807) is 13.0 Å². The van der Waals surface area contributed by atoms with Gasteiger partial charge in [-0.3, -0.25) is 0 Å². The van der Waals surface area contributed by atoms with Crippen LogP contribution in [0.5, 0.6) is 0 Å². The van der Waals surface area contributed by atoms with Crippen LogP contribution in [0.25, 0.3) is 11.5 Å². The summed E-state index contributed by atoms with van der Waals surface area (Å²) in [5, 5.41) is 7.99. The van der Waals surface area contributed by atoms with Crippen LogP contribution in [0.1, 0.15) is 23.6 Å². The van der Waals surface area contributed by atoms with Crippen LogP contribution in [0.3, 0.4) is 0 Å². The normalized spacial score (nSPS) is 11.4. The Morgan fingerprint density at radius 1 is 1.29 bits per heavy atom. The summed E-state index contributed by atoms with van der Waals surface area (Å²) in [5.41, 5.74) is 0.860. The van der Waals surface area contributed by atoms with E-state index in [9.17, 15) is 8.78 Å². The quantitative estimate of drug-likeness (QED) is 0.662. The highest BCUT2D eigenvalue weighted by Crippen LogP contribution is 2.30. The van der Waals surface area contributed by atoms with Gasteiger partial charge in [0.05, 0.1) is 17.5 Å². The number of aromatic nitrogens is 3. The van der Waals surface area contributed by atoms with E-state index in [1.165, 1.54) is 6.26 Å². The number of oxazole rings is 1. The van der Waals surface area contributed by atoms with E-state index in [1.807, 2.05) is 0 Å². The molecule has 0 aliphatic rings. The van der Waals surface area contributed by atoms with Crippen molar-refractivity contribution in [1.82, 2.24) is 15.2 Å². The molecule has 0 radical (unpaired) electrons. The van der Waals surface area contributed by atoms with Gasteiger partial charge in [-0.05, 0) is 13.0 Å². The molecular weight excluding hydrogens is 304 g/mol. The molecule has 0 aromatic carbocycles. The Bertz CT molecular complexity index is 738. The Balaban J connectivity index is 1.71. The van der Waals surface area contributed by atoms with Gasteiger partial charge >= 0.3 is 0 Å². The third-order valence-corrected chi connectivity index (χ3v) is 3.53. The van der Waals surface area contributed by atoms with E-state index in [-0.39, 0.29) is 16.7 Å². The first-order chi connectivity index (χ1) is 10.1. The second-order valence-corrected chi connectivity index (χ2v) is 4.94. The van der Waals surface area contributed by atoms with E-state index < -0.39 is 12.2 Å². The topological polar surface area (TPSA) is 78.1 Å². The van der Waals surface area contributed by atoms with Gasteiger partial charge in [0.2, 0.25) is 0 Å². The molecule has 0 unspecified atom stereocenters. The molecule has 0 fully saturated rings. The standard InChI is InChI=1S/C12H9F2N3O3S/c1-6-7(2-3-18-6)11-16-17-12(20-11)21-4-8-9(10(13)14)19-5-15-8/h2-3,5,10H,4H2,1H3. The van der Waals surface area contributed by atoms with Gasteiger partial charge in [-0.2, -0.15) is 0 Å². The minimum Gasteiger partial charge on any atom is -0.469 e. The SMILES string of the molecule is Cc1occc1-c1nnc(SCc2ncoc2C(F)F)o1. The smallest absolute Gasteiger partial charge is 0.297 e. The van der Waals surface area contributed by atoms with Gasteiger partial charge in [0, 0.05) is 5.75 Å². The molecule has 0 spiro atoms. The van der Waals surface area contributed by atoms with Gasteiger partial charge < -0.3 is 13.3 Å². The molecule has 3 aromatic rings. The van der Waals surface area contributed by atoms with Gasteiger partial charge in [-0.25, -0.2) is 13.8 Å². The summed E-state index contributed by atoms with van der Waals surface area (Å²) in [5.74, 6) is 0.694. The monoisotopic (exact) mass is 313 g/mol. The van der Waals surface area contributed by atoms with Crippen molar-refractivity contribution in [2.24, 2.45) is 0 Å². The molecule has 0 N–H and O–H groups in total. The highest BCUT2D eigenvalue weighted by atomic mass is 32.2. The summed E-state index contributed by atoms with van der Waals surface area (Å²) in [7, 11) is 0. The summed E-state index contributed by atoms with van der Waals surface area (Å²) >= 11 is 1.11. The summed E-state index contributed by atoms with van der Waals surface area (Å²) in [6.07, 6.45) is -0.188. The van der Waals surface area contributed by atoms with Crippen LogP contribution < -0.4 is 0 Å². The fourth-order valence-electron chi connectivity index (χ4n) is 1.68. The van der Waals surface area contributed by atoms with E-state index in [2.05, 4.69) is 19.6 Å². The van der Waals surface area contributed by atoms with Crippen molar-refractivity contribution >= 4 is 11.8 Å². The van der Waals surface area contributed by atoms with Crippen LogP contribution in [0.4, 0.5) is 8.78 Å². The van der Waals surface area contributed by atoms with Gasteiger partial charge in [0.15, 0.2) is 12.2 Å². The number of nitrogens with zero attached hydrogens (tertiary/aromatic N) is 3. The second-order valence-electron chi connectivity index (χ2n) is 4.02. The van der Waals surface area contributed by atoms with Crippen LogP contribution >= 0.6 is 11.8 Å². The second kappa shape index (κ2) is 5.68. The van der Waals surface area contributed by atoms with Crippen LogP contribution in [0, 0.1) is 6.92 Å². The number of hydrogen-bond acceptors (Lipinski definition) is 7. The molecule has 3 rings (SSSR count). The fraction of sp³-hybridized carbons (Fsp3) is 0.250. The average molecular weight is 313 g/mol. The lowest BCUT2D eigenvalue weighted by atomic mass is 10.3. The molecular formula is C12H9F2N3O3S. The highest BCUT2D eigenvalue weighted by molar-refractivity contribution is 7.98. The molecule has 110 valence electrons. The van der Waals surface area contributed by atoms with Gasteiger partial charge in [0.25, 0.3) is 17.5 Å². The number of alkyl halides is 2. The molecule has 9 heteroatoms. The molecule has 3 aromatic heterocycles. The van der Waals surface area contributed by atoms with Crippen LogP contribution in [-0.2, 0) is 5.75 Å². The molecule has 0 amide bonds. The Morgan fingerprint density at radius 2 is 2.14 bits per heavy atom. The summed E-state index contributed by atoms with van der Waals surface area (Å²) in [4.78, 5) is 3.75. The molecule has 0 bridgehead atoms. The third kappa shape index (κ3) is 2.82. The molecule has 0 aliphatic carbocycles. The van der Waals surface area contributed by atoms with Crippen molar-refractivity contribution in [2.45, 2.75) is 24.3 Å². The predicted molar refractivity (Wildman–Crippen MR) is 67.8 cm³/mol. The molecule has 0 saturated carbocycles. The van der Waals surface area contributed by atoms with Crippen molar-refractivity contribution in [1.29, 1.82) is 0 Å².